The number of hydrogen-bond donors (Lipinski definition) is 1. The summed E-state index contributed by atoms with van der Waals surface area (Å²) in [5.41, 5.74) is 1.03. The Labute approximate surface area is 94.9 Å². The molecular formula is C12H15N3O. The van der Waals surface area contributed by atoms with Gasteiger partial charge >= 0.3 is 0 Å². The van der Waals surface area contributed by atoms with Crippen molar-refractivity contribution in [1.29, 1.82) is 0 Å². The molecule has 1 aromatic heterocycles. The molecule has 0 amide bonds. The number of hydrogen-bond acceptors (Lipinski definition) is 3. The third-order valence-corrected chi connectivity index (χ3v) is 2.23. The van der Waals surface area contributed by atoms with Gasteiger partial charge in [-0.25, -0.2) is 4.68 Å². The first-order chi connectivity index (χ1) is 7.90. The topological polar surface area (TPSA) is 39.1 Å². The standard InChI is InChI=1S/C12H15N3O/c1-13-8-10-16-12-5-3-11(4-6-12)15-9-2-7-14-15/h2-7,9,13H,8,10H2,1H3. The number of nitrogens with zero attached hydrogens (tertiary/aromatic N) is 2. The minimum atomic E-state index is 0.678. The summed E-state index contributed by atoms with van der Waals surface area (Å²) in [5, 5.41) is 7.19. The quantitative estimate of drug-likeness (QED) is 0.771. The second-order valence-corrected chi connectivity index (χ2v) is 3.40. The van der Waals surface area contributed by atoms with E-state index in [1.807, 2.05) is 48.3 Å². The van der Waals surface area contributed by atoms with Gasteiger partial charge in [-0.15, -0.1) is 0 Å². The number of nitrogens with one attached hydrogen (secondary N) is 1. The Bertz CT molecular complexity index is 408. The van der Waals surface area contributed by atoms with E-state index in [1.165, 1.54) is 0 Å². The minimum Gasteiger partial charge on any atom is -0.492 e. The molecule has 1 N–H and O–H groups in total. The van der Waals surface area contributed by atoms with Crippen molar-refractivity contribution in [2.45, 2.75) is 0 Å². The number of aromatic nitrogens is 2. The summed E-state index contributed by atoms with van der Waals surface area (Å²) in [6.07, 6.45) is 3.67. The van der Waals surface area contributed by atoms with E-state index in [4.69, 9.17) is 4.74 Å². The zero-order valence-electron chi connectivity index (χ0n) is 9.26. The Hall–Kier alpha value is -1.81. The van der Waals surface area contributed by atoms with Gasteiger partial charge < -0.3 is 10.1 Å². The molecule has 4 heteroatoms. The number of likely N-dealkylation sites (N-methyl/N-ethyl adjacent to an activating group) is 1. The van der Waals surface area contributed by atoms with Crippen LogP contribution >= 0.6 is 0 Å². The maximum Gasteiger partial charge on any atom is 0.119 e. The maximum absolute atomic E-state index is 5.53. The van der Waals surface area contributed by atoms with Gasteiger partial charge in [-0.3, -0.25) is 0 Å². The fourth-order valence-corrected chi connectivity index (χ4v) is 1.39. The Morgan fingerprint density at radius 2 is 2.12 bits per heavy atom. The molecule has 0 aliphatic rings. The van der Waals surface area contributed by atoms with Gasteiger partial charge in [0.05, 0.1) is 5.69 Å². The first-order valence-electron chi connectivity index (χ1n) is 5.27. The molecule has 2 rings (SSSR count). The molecule has 0 aliphatic carbocycles. The zero-order valence-corrected chi connectivity index (χ0v) is 9.26. The molecule has 0 unspecified atom stereocenters. The van der Waals surface area contributed by atoms with Crippen molar-refractivity contribution in [1.82, 2.24) is 15.1 Å². The van der Waals surface area contributed by atoms with Crippen LogP contribution in [0.4, 0.5) is 0 Å². The lowest BCUT2D eigenvalue weighted by Crippen LogP contribution is -2.15. The Balaban J connectivity index is 2.00. The van der Waals surface area contributed by atoms with Crippen LogP contribution in [0.15, 0.2) is 42.7 Å². The average Bonchev–Trinajstić information content (AvgIpc) is 2.84. The van der Waals surface area contributed by atoms with E-state index in [9.17, 15) is 0 Å². The summed E-state index contributed by atoms with van der Waals surface area (Å²) in [5.74, 6) is 0.881. The SMILES string of the molecule is CNCCOc1ccc(-n2cccn2)cc1. The van der Waals surface area contributed by atoms with Crippen molar-refractivity contribution < 1.29 is 4.74 Å². The molecule has 84 valence electrons. The molecule has 1 heterocycles. The van der Waals surface area contributed by atoms with Crippen LogP contribution in [0, 0.1) is 0 Å². The van der Waals surface area contributed by atoms with Crippen LogP contribution in [0.2, 0.25) is 0 Å². The lowest BCUT2D eigenvalue weighted by molar-refractivity contribution is 0.318. The minimum absolute atomic E-state index is 0.678. The highest BCUT2D eigenvalue weighted by Gasteiger charge is 1.97. The Morgan fingerprint density at radius 1 is 1.31 bits per heavy atom. The predicted molar refractivity (Wildman–Crippen MR) is 63.0 cm³/mol. The lowest BCUT2D eigenvalue weighted by Gasteiger charge is -2.06. The highest BCUT2D eigenvalue weighted by Crippen LogP contribution is 2.14. The molecule has 0 bridgehead atoms. The maximum atomic E-state index is 5.53. The summed E-state index contributed by atoms with van der Waals surface area (Å²) in [6.45, 7) is 1.53. The van der Waals surface area contributed by atoms with Crippen molar-refractivity contribution in [2.24, 2.45) is 0 Å². The van der Waals surface area contributed by atoms with E-state index in [0.717, 1.165) is 18.0 Å². The second kappa shape index (κ2) is 5.32. The molecule has 2 aromatic rings. The summed E-state index contributed by atoms with van der Waals surface area (Å²) in [7, 11) is 1.91. The first kappa shape index (κ1) is 10.7. The normalized spacial score (nSPS) is 10.3. The molecule has 0 saturated heterocycles. The summed E-state index contributed by atoms with van der Waals surface area (Å²) < 4.78 is 7.34. The fraction of sp³-hybridized carbons (Fsp3) is 0.250. The van der Waals surface area contributed by atoms with E-state index in [2.05, 4.69) is 10.4 Å². The fourth-order valence-electron chi connectivity index (χ4n) is 1.39. The van der Waals surface area contributed by atoms with Gasteiger partial charge in [-0.05, 0) is 37.4 Å². The van der Waals surface area contributed by atoms with Crippen LogP contribution in [0.1, 0.15) is 0 Å². The van der Waals surface area contributed by atoms with E-state index in [1.54, 1.807) is 6.20 Å². The predicted octanol–water partition coefficient (Wildman–Crippen LogP) is 1.47. The van der Waals surface area contributed by atoms with Gasteiger partial charge in [-0.1, -0.05) is 0 Å². The van der Waals surface area contributed by atoms with Crippen molar-refractivity contribution in [3.05, 3.63) is 42.7 Å². The first-order valence-corrected chi connectivity index (χ1v) is 5.27. The third-order valence-electron chi connectivity index (χ3n) is 2.23. The molecule has 4 nitrogen and oxygen atoms in total. The van der Waals surface area contributed by atoms with E-state index >= 15 is 0 Å². The van der Waals surface area contributed by atoms with Gasteiger partial charge in [0.25, 0.3) is 0 Å². The summed E-state index contributed by atoms with van der Waals surface area (Å²) >= 11 is 0. The van der Waals surface area contributed by atoms with Gasteiger partial charge in [-0.2, -0.15) is 5.10 Å². The van der Waals surface area contributed by atoms with Crippen LogP contribution in [-0.4, -0.2) is 30.0 Å². The van der Waals surface area contributed by atoms with Gasteiger partial charge in [0.2, 0.25) is 0 Å². The highest BCUT2D eigenvalue weighted by atomic mass is 16.5. The van der Waals surface area contributed by atoms with Crippen LogP contribution in [0.3, 0.4) is 0 Å². The van der Waals surface area contributed by atoms with Gasteiger partial charge in [0.15, 0.2) is 0 Å². The monoisotopic (exact) mass is 217 g/mol. The Morgan fingerprint density at radius 3 is 2.75 bits per heavy atom. The second-order valence-electron chi connectivity index (χ2n) is 3.40. The van der Waals surface area contributed by atoms with Gasteiger partial charge in [0, 0.05) is 18.9 Å². The largest absolute Gasteiger partial charge is 0.492 e. The van der Waals surface area contributed by atoms with Crippen molar-refractivity contribution >= 4 is 0 Å². The van der Waals surface area contributed by atoms with E-state index in [-0.39, 0.29) is 0 Å². The molecule has 0 spiro atoms. The molecule has 16 heavy (non-hydrogen) atoms. The highest BCUT2D eigenvalue weighted by molar-refractivity contribution is 5.36. The van der Waals surface area contributed by atoms with Crippen LogP contribution in [0.5, 0.6) is 5.75 Å². The zero-order chi connectivity index (χ0) is 11.2. The number of rotatable bonds is 5. The Kier molecular flexibility index (Phi) is 3.56. The lowest BCUT2D eigenvalue weighted by atomic mass is 10.3. The number of ether oxygens (including phenoxy) is 1. The van der Waals surface area contributed by atoms with Gasteiger partial charge in [0.1, 0.15) is 12.4 Å². The van der Waals surface area contributed by atoms with Crippen LogP contribution < -0.4 is 10.1 Å². The summed E-state index contributed by atoms with van der Waals surface area (Å²) in [4.78, 5) is 0. The van der Waals surface area contributed by atoms with E-state index in [0.29, 0.717) is 6.61 Å². The van der Waals surface area contributed by atoms with Crippen LogP contribution in [-0.2, 0) is 0 Å². The number of benzene rings is 1. The van der Waals surface area contributed by atoms with Crippen molar-refractivity contribution in [3.8, 4) is 11.4 Å². The van der Waals surface area contributed by atoms with Crippen molar-refractivity contribution in [2.75, 3.05) is 20.2 Å². The molecular weight excluding hydrogens is 202 g/mol. The molecule has 0 atom stereocenters. The molecule has 0 fully saturated rings. The van der Waals surface area contributed by atoms with E-state index < -0.39 is 0 Å². The third kappa shape index (κ3) is 2.61. The molecule has 0 radical (unpaired) electrons. The van der Waals surface area contributed by atoms with Crippen LogP contribution in [0.25, 0.3) is 5.69 Å². The smallest absolute Gasteiger partial charge is 0.119 e. The average molecular weight is 217 g/mol. The molecule has 0 saturated carbocycles. The molecule has 1 aromatic carbocycles. The molecule has 0 aliphatic heterocycles. The van der Waals surface area contributed by atoms with Crippen molar-refractivity contribution in [3.63, 3.8) is 0 Å². The summed E-state index contributed by atoms with van der Waals surface area (Å²) in [6, 6.07) is 9.78.